The maximum Gasteiger partial charge on any atom is 0.0662 e. The van der Waals surface area contributed by atoms with Crippen molar-refractivity contribution in [2.45, 2.75) is 19.4 Å². The van der Waals surface area contributed by atoms with Crippen LogP contribution in [0, 0.1) is 0 Å². The Balaban J connectivity index is 2.14. The van der Waals surface area contributed by atoms with Gasteiger partial charge in [0.15, 0.2) is 0 Å². The largest absolute Gasteiger partial charge is 0.397 e. The van der Waals surface area contributed by atoms with Crippen LogP contribution in [0.2, 0.25) is 5.02 Å². The first kappa shape index (κ1) is 11.4. The SMILES string of the molecule is CC1Cc2ccccc2N1c1cc(Cl)ccc1N. The Morgan fingerprint density at radius 3 is 2.78 bits per heavy atom. The predicted molar refractivity (Wildman–Crippen MR) is 77.6 cm³/mol. The summed E-state index contributed by atoms with van der Waals surface area (Å²) in [7, 11) is 0. The molecule has 92 valence electrons. The van der Waals surface area contributed by atoms with Crippen LogP contribution in [0.3, 0.4) is 0 Å². The smallest absolute Gasteiger partial charge is 0.0662 e. The van der Waals surface area contributed by atoms with Gasteiger partial charge in [0.05, 0.1) is 11.4 Å². The van der Waals surface area contributed by atoms with Gasteiger partial charge >= 0.3 is 0 Å². The molecule has 0 spiro atoms. The third-order valence-electron chi connectivity index (χ3n) is 3.46. The molecule has 0 saturated carbocycles. The fraction of sp³-hybridized carbons (Fsp3) is 0.200. The van der Waals surface area contributed by atoms with Crippen LogP contribution in [-0.4, -0.2) is 6.04 Å². The van der Waals surface area contributed by atoms with Crippen molar-refractivity contribution in [2.75, 3.05) is 10.6 Å². The van der Waals surface area contributed by atoms with Crippen molar-refractivity contribution in [3.05, 3.63) is 53.1 Å². The molecule has 2 aromatic rings. The van der Waals surface area contributed by atoms with E-state index in [0.29, 0.717) is 6.04 Å². The Labute approximate surface area is 112 Å². The van der Waals surface area contributed by atoms with Crippen molar-refractivity contribution in [3.63, 3.8) is 0 Å². The van der Waals surface area contributed by atoms with Crippen molar-refractivity contribution >= 4 is 28.7 Å². The lowest BCUT2D eigenvalue weighted by molar-refractivity contribution is 0.759. The molecule has 0 fully saturated rings. The lowest BCUT2D eigenvalue weighted by Gasteiger charge is -2.26. The summed E-state index contributed by atoms with van der Waals surface area (Å²) in [4.78, 5) is 2.27. The summed E-state index contributed by atoms with van der Waals surface area (Å²) in [5.74, 6) is 0. The third-order valence-corrected chi connectivity index (χ3v) is 3.69. The summed E-state index contributed by atoms with van der Waals surface area (Å²) >= 11 is 6.09. The van der Waals surface area contributed by atoms with Gasteiger partial charge < -0.3 is 10.6 Å². The molecule has 3 heteroatoms. The maximum absolute atomic E-state index is 6.09. The van der Waals surface area contributed by atoms with Crippen LogP contribution >= 0.6 is 11.6 Å². The highest BCUT2D eigenvalue weighted by Gasteiger charge is 2.27. The number of fused-ring (bicyclic) bond motifs is 1. The monoisotopic (exact) mass is 258 g/mol. The highest BCUT2D eigenvalue weighted by Crippen LogP contribution is 2.41. The zero-order chi connectivity index (χ0) is 12.7. The lowest BCUT2D eigenvalue weighted by atomic mass is 10.1. The number of hydrogen-bond acceptors (Lipinski definition) is 2. The average Bonchev–Trinajstić information content (AvgIpc) is 2.68. The number of nitrogen functional groups attached to an aromatic ring is 1. The number of hydrogen-bond donors (Lipinski definition) is 1. The van der Waals surface area contributed by atoms with Crippen molar-refractivity contribution in [1.29, 1.82) is 0 Å². The highest BCUT2D eigenvalue weighted by atomic mass is 35.5. The van der Waals surface area contributed by atoms with Gasteiger partial charge in [0.2, 0.25) is 0 Å². The van der Waals surface area contributed by atoms with Crippen molar-refractivity contribution < 1.29 is 0 Å². The van der Waals surface area contributed by atoms with Gasteiger partial charge in [-0.1, -0.05) is 29.8 Å². The molecule has 1 heterocycles. The standard InChI is InChI=1S/C15H15ClN2/c1-10-8-11-4-2-3-5-14(11)18(10)15-9-12(16)6-7-13(15)17/h2-7,9-10H,8,17H2,1H3. The molecule has 1 aliphatic heterocycles. The third kappa shape index (κ3) is 1.73. The van der Waals surface area contributed by atoms with E-state index in [1.54, 1.807) is 0 Å². The van der Waals surface area contributed by atoms with E-state index >= 15 is 0 Å². The van der Waals surface area contributed by atoms with Crippen LogP contribution in [-0.2, 0) is 6.42 Å². The van der Waals surface area contributed by atoms with Crippen molar-refractivity contribution in [3.8, 4) is 0 Å². The molecule has 1 unspecified atom stereocenters. The number of nitrogens with zero attached hydrogens (tertiary/aromatic N) is 1. The number of para-hydroxylation sites is 1. The molecule has 2 nitrogen and oxygen atoms in total. The molecule has 0 amide bonds. The van der Waals surface area contributed by atoms with E-state index in [-0.39, 0.29) is 0 Å². The number of anilines is 3. The minimum atomic E-state index is 0.406. The molecule has 2 aromatic carbocycles. The fourth-order valence-corrected chi connectivity index (χ4v) is 2.82. The normalized spacial score (nSPS) is 17.9. The lowest BCUT2D eigenvalue weighted by Crippen LogP contribution is -2.24. The van der Waals surface area contributed by atoms with Gasteiger partial charge in [-0.3, -0.25) is 0 Å². The van der Waals surface area contributed by atoms with E-state index in [9.17, 15) is 0 Å². The quantitative estimate of drug-likeness (QED) is 0.784. The summed E-state index contributed by atoms with van der Waals surface area (Å²) < 4.78 is 0. The molecule has 3 rings (SSSR count). The van der Waals surface area contributed by atoms with Crippen LogP contribution < -0.4 is 10.6 Å². The van der Waals surface area contributed by atoms with E-state index in [1.165, 1.54) is 11.3 Å². The zero-order valence-electron chi connectivity index (χ0n) is 10.2. The van der Waals surface area contributed by atoms with Crippen LogP contribution in [0.4, 0.5) is 17.1 Å². The van der Waals surface area contributed by atoms with E-state index in [4.69, 9.17) is 17.3 Å². The molecule has 0 saturated heterocycles. The minimum absolute atomic E-state index is 0.406. The van der Waals surface area contributed by atoms with E-state index in [2.05, 4.69) is 36.1 Å². The summed E-state index contributed by atoms with van der Waals surface area (Å²) in [5, 5.41) is 0.718. The highest BCUT2D eigenvalue weighted by molar-refractivity contribution is 6.31. The van der Waals surface area contributed by atoms with Crippen LogP contribution in [0.15, 0.2) is 42.5 Å². The minimum Gasteiger partial charge on any atom is -0.397 e. The molecule has 18 heavy (non-hydrogen) atoms. The molecule has 1 atom stereocenters. The average molecular weight is 259 g/mol. The Morgan fingerprint density at radius 2 is 1.94 bits per heavy atom. The van der Waals surface area contributed by atoms with Crippen molar-refractivity contribution in [1.82, 2.24) is 0 Å². The van der Waals surface area contributed by atoms with Crippen LogP contribution in [0.5, 0.6) is 0 Å². The predicted octanol–water partition coefficient (Wildman–Crippen LogP) is 4.00. The van der Waals surface area contributed by atoms with Gasteiger partial charge in [0.25, 0.3) is 0 Å². The number of nitrogens with two attached hydrogens (primary N) is 1. The van der Waals surface area contributed by atoms with Gasteiger partial charge in [-0.2, -0.15) is 0 Å². The number of halogens is 1. The van der Waals surface area contributed by atoms with Crippen LogP contribution in [0.25, 0.3) is 0 Å². The van der Waals surface area contributed by atoms with Gasteiger partial charge in [-0.05, 0) is 43.2 Å². The molecule has 2 N–H and O–H groups in total. The van der Waals surface area contributed by atoms with E-state index in [0.717, 1.165) is 22.8 Å². The Bertz CT molecular complexity index is 595. The summed E-state index contributed by atoms with van der Waals surface area (Å²) in [6, 6.07) is 14.5. The summed E-state index contributed by atoms with van der Waals surface area (Å²) in [5.41, 5.74) is 10.5. The van der Waals surface area contributed by atoms with Crippen LogP contribution in [0.1, 0.15) is 12.5 Å². The van der Waals surface area contributed by atoms with E-state index < -0.39 is 0 Å². The molecule has 1 aliphatic rings. The fourth-order valence-electron chi connectivity index (χ4n) is 2.66. The Hall–Kier alpha value is -1.67. The molecule has 0 bridgehead atoms. The topological polar surface area (TPSA) is 29.3 Å². The van der Waals surface area contributed by atoms with Gasteiger partial charge in [-0.15, -0.1) is 0 Å². The first-order chi connectivity index (χ1) is 8.66. The van der Waals surface area contributed by atoms with E-state index in [1.807, 2.05) is 18.2 Å². The number of rotatable bonds is 1. The second-order valence-corrected chi connectivity index (χ2v) is 5.19. The summed E-state index contributed by atoms with van der Waals surface area (Å²) in [6.45, 7) is 2.21. The van der Waals surface area contributed by atoms with Gasteiger partial charge in [0.1, 0.15) is 0 Å². The maximum atomic E-state index is 6.09. The van der Waals surface area contributed by atoms with Gasteiger partial charge in [0, 0.05) is 16.8 Å². The molecular formula is C15H15ClN2. The Kier molecular flexibility index (Phi) is 2.67. The van der Waals surface area contributed by atoms with Crippen molar-refractivity contribution in [2.24, 2.45) is 0 Å². The molecular weight excluding hydrogens is 244 g/mol. The first-order valence-corrected chi connectivity index (χ1v) is 6.47. The van der Waals surface area contributed by atoms with Gasteiger partial charge in [-0.25, -0.2) is 0 Å². The molecule has 0 aromatic heterocycles. The molecule has 0 aliphatic carbocycles. The number of benzene rings is 2. The second-order valence-electron chi connectivity index (χ2n) is 4.75. The first-order valence-electron chi connectivity index (χ1n) is 6.09. The summed E-state index contributed by atoms with van der Waals surface area (Å²) in [6.07, 6.45) is 1.04. The zero-order valence-corrected chi connectivity index (χ0v) is 11.0. The molecule has 0 radical (unpaired) electrons. The second kappa shape index (κ2) is 4.21. The Morgan fingerprint density at radius 1 is 1.17 bits per heavy atom.